The Balaban J connectivity index is 2.02. The van der Waals surface area contributed by atoms with E-state index in [0.717, 1.165) is 21.7 Å². The quantitative estimate of drug-likeness (QED) is 0.329. The average molecular weight is 601 g/mol. The molecule has 3 aromatic rings. The van der Waals surface area contributed by atoms with Crippen molar-refractivity contribution < 1.29 is 18.0 Å². The van der Waals surface area contributed by atoms with Crippen LogP contribution in [0.5, 0.6) is 0 Å². The molecule has 0 aliphatic rings. The number of anilines is 1. The van der Waals surface area contributed by atoms with Crippen LogP contribution in [-0.2, 0) is 32.6 Å². The number of sulfonamides is 1. The maximum absolute atomic E-state index is 14.0. The lowest BCUT2D eigenvalue weighted by Gasteiger charge is -2.33. The molecule has 0 aliphatic heterocycles. The summed E-state index contributed by atoms with van der Waals surface area (Å²) in [7, 11) is -3.80. The number of hydrogen-bond donors (Lipinski definition) is 1. The van der Waals surface area contributed by atoms with Crippen LogP contribution in [-0.4, -0.2) is 50.5 Å². The molecule has 0 fully saturated rings. The number of carbonyl (C=O) groups is 2. The molecule has 202 valence electrons. The molecular weight excluding hydrogens is 566 g/mol. The Labute approximate surface area is 234 Å². The standard InChI is InChI=1S/C29H34BrN3O4S/c1-22(2)19-31-29(35)27(17-23-11-6-4-7-12-23)32(20-24-13-8-5-9-14-24)28(34)21-33(38(3,36)37)26-16-10-15-25(30)18-26/h4-16,18,22,27H,17,19-21H2,1-3H3,(H,31,35). The Morgan fingerprint density at radius 1 is 0.895 bits per heavy atom. The van der Waals surface area contributed by atoms with Gasteiger partial charge in [0.1, 0.15) is 12.6 Å². The predicted molar refractivity (Wildman–Crippen MR) is 155 cm³/mol. The van der Waals surface area contributed by atoms with Crippen molar-refractivity contribution in [1.29, 1.82) is 0 Å². The summed E-state index contributed by atoms with van der Waals surface area (Å²) in [4.78, 5) is 29.0. The van der Waals surface area contributed by atoms with Gasteiger partial charge in [-0.15, -0.1) is 0 Å². The van der Waals surface area contributed by atoms with Crippen molar-refractivity contribution in [3.63, 3.8) is 0 Å². The van der Waals surface area contributed by atoms with Crippen molar-refractivity contribution >= 4 is 43.5 Å². The molecule has 3 rings (SSSR count). The van der Waals surface area contributed by atoms with Gasteiger partial charge in [-0.2, -0.15) is 0 Å². The summed E-state index contributed by atoms with van der Waals surface area (Å²) in [5.41, 5.74) is 2.10. The minimum atomic E-state index is -3.80. The van der Waals surface area contributed by atoms with Crippen LogP contribution < -0.4 is 9.62 Å². The molecule has 9 heteroatoms. The molecule has 0 heterocycles. The third kappa shape index (κ3) is 8.70. The largest absolute Gasteiger partial charge is 0.354 e. The van der Waals surface area contributed by atoms with Crippen molar-refractivity contribution in [2.24, 2.45) is 5.92 Å². The molecule has 0 saturated carbocycles. The molecule has 1 N–H and O–H groups in total. The third-order valence-electron chi connectivity index (χ3n) is 5.93. The van der Waals surface area contributed by atoms with Gasteiger partial charge in [0.2, 0.25) is 21.8 Å². The van der Waals surface area contributed by atoms with Crippen LogP contribution in [0.3, 0.4) is 0 Å². The summed E-state index contributed by atoms with van der Waals surface area (Å²) in [5.74, 6) is -0.521. The molecule has 0 bridgehead atoms. The van der Waals surface area contributed by atoms with E-state index in [9.17, 15) is 18.0 Å². The van der Waals surface area contributed by atoms with E-state index in [0.29, 0.717) is 23.1 Å². The molecule has 0 radical (unpaired) electrons. The highest BCUT2D eigenvalue weighted by molar-refractivity contribution is 9.10. The first-order valence-corrected chi connectivity index (χ1v) is 15.1. The molecule has 7 nitrogen and oxygen atoms in total. The third-order valence-corrected chi connectivity index (χ3v) is 7.56. The fraction of sp³-hybridized carbons (Fsp3) is 0.310. The van der Waals surface area contributed by atoms with Crippen LogP contribution in [0.1, 0.15) is 25.0 Å². The highest BCUT2D eigenvalue weighted by Crippen LogP contribution is 2.23. The maximum atomic E-state index is 14.0. The van der Waals surface area contributed by atoms with Gasteiger partial charge in [0.15, 0.2) is 0 Å². The van der Waals surface area contributed by atoms with E-state index >= 15 is 0 Å². The fourth-order valence-corrected chi connectivity index (χ4v) is 5.23. The maximum Gasteiger partial charge on any atom is 0.244 e. The van der Waals surface area contributed by atoms with Crippen LogP contribution >= 0.6 is 15.9 Å². The molecule has 1 atom stereocenters. The predicted octanol–water partition coefficient (Wildman–Crippen LogP) is 4.63. The molecule has 3 aromatic carbocycles. The molecule has 0 aromatic heterocycles. The molecule has 0 saturated heterocycles. The van der Waals surface area contributed by atoms with Gasteiger partial charge in [-0.25, -0.2) is 8.42 Å². The number of halogens is 1. The van der Waals surface area contributed by atoms with E-state index in [1.54, 1.807) is 24.3 Å². The van der Waals surface area contributed by atoms with E-state index in [1.807, 2.05) is 74.5 Å². The zero-order valence-corrected chi connectivity index (χ0v) is 24.3. The number of rotatable bonds is 12. The lowest BCUT2D eigenvalue weighted by atomic mass is 10.0. The minimum absolute atomic E-state index is 0.155. The first-order valence-electron chi connectivity index (χ1n) is 12.4. The summed E-state index contributed by atoms with van der Waals surface area (Å²) < 4.78 is 27.3. The van der Waals surface area contributed by atoms with Crippen molar-refractivity contribution in [3.8, 4) is 0 Å². The van der Waals surface area contributed by atoms with E-state index in [-0.39, 0.29) is 18.4 Å². The molecule has 1 unspecified atom stereocenters. The van der Waals surface area contributed by atoms with Crippen LogP contribution in [0.25, 0.3) is 0 Å². The first-order chi connectivity index (χ1) is 18.0. The Kier molecular flexibility index (Phi) is 10.5. The van der Waals surface area contributed by atoms with Crippen LogP contribution in [0, 0.1) is 5.92 Å². The van der Waals surface area contributed by atoms with Crippen LogP contribution in [0.2, 0.25) is 0 Å². The zero-order valence-electron chi connectivity index (χ0n) is 21.9. The summed E-state index contributed by atoms with van der Waals surface area (Å²) in [6.07, 6.45) is 1.36. The second-order valence-electron chi connectivity index (χ2n) is 9.60. The van der Waals surface area contributed by atoms with Gasteiger partial charge in [-0.3, -0.25) is 13.9 Å². The highest BCUT2D eigenvalue weighted by atomic mass is 79.9. The number of amides is 2. The van der Waals surface area contributed by atoms with Crippen LogP contribution in [0.4, 0.5) is 5.69 Å². The van der Waals surface area contributed by atoms with Crippen molar-refractivity contribution in [2.45, 2.75) is 32.9 Å². The molecule has 2 amide bonds. The lowest BCUT2D eigenvalue weighted by molar-refractivity contribution is -0.140. The highest BCUT2D eigenvalue weighted by Gasteiger charge is 2.33. The summed E-state index contributed by atoms with van der Waals surface area (Å²) in [6, 6.07) is 24.8. The first kappa shape index (κ1) is 29.4. The van der Waals surface area contributed by atoms with Crippen molar-refractivity contribution in [3.05, 3.63) is 101 Å². The van der Waals surface area contributed by atoms with Crippen LogP contribution in [0.15, 0.2) is 89.4 Å². The monoisotopic (exact) mass is 599 g/mol. The Hall–Kier alpha value is -3.17. The molecule has 38 heavy (non-hydrogen) atoms. The second kappa shape index (κ2) is 13.6. The van der Waals surface area contributed by atoms with Gasteiger partial charge >= 0.3 is 0 Å². The van der Waals surface area contributed by atoms with Crippen molar-refractivity contribution in [1.82, 2.24) is 10.2 Å². The number of nitrogens with zero attached hydrogens (tertiary/aromatic N) is 2. The van der Waals surface area contributed by atoms with Gasteiger partial charge < -0.3 is 10.2 Å². The normalized spacial score (nSPS) is 12.1. The van der Waals surface area contributed by atoms with E-state index in [1.165, 1.54) is 4.90 Å². The Morgan fingerprint density at radius 2 is 1.50 bits per heavy atom. The molecular formula is C29H34BrN3O4S. The Bertz CT molecular complexity index is 1320. The smallest absolute Gasteiger partial charge is 0.244 e. The SMILES string of the molecule is CC(C)CNC(=O)C(Cc1ccccc1)N(Cc1ccccc1)C(=O)CN(c1cccc(Br)c1)S(C)(=O)=O. The van der Waals surface area contributed by atoms with E-state index in [2.05, 4.69) is 21.2 Å². The van der Waals surface area contributed by atoms with Gasteiger partial charge in [0, 0.05) is 24.0 Å². The summed E-state index contributed by atoms with van der Waals surface area (Å²) in [5, 5.41) is 2.98. The average Bonchev–Trinajstić information content (AvgIpc) is 2.88. The topological polar surface area (TPSA) is 86.8 Å². The number of benzene rings is 3. The molecule has 0 aliphatic carbocycles. The Morgan fingerprint density at radius 3 is 2.05 bits per heavy atom. The lowest BCUT2D eigenvalue weighted by Crippen LogP contribution is -2.53. The second-order valence-corrected chi connectivity index (χ2v) is 12.4. The zero-order chi connectivity index (χ0) is 27.7. The van der Waals surface area contributed by atoms with E-state index < -0.39 is 28.5 Å². The van der Waals surface area contributed by atoms with Gasteiger partial charge in [0.05, 0.1) is 11.9 Å². The number of hydrogen-bond acceptors (Lipinski definition) is 4. The van der Waals surface area contributed by atoms with Gasteiger partial charge in [0.25, 0.3) is 0 Å². The minimum Gasteiger partial charge on any atom is -0.354 e. The summed E-state index contributed by atoms with van der Waals surface area (Å²) >= 11 is 3.38. The van der Waals surface area contributed by atoms with Crippen molar-refractivity contribution in [2.75, 3.05) is 23.7 Å². The van der Waals surface area contributed by atoms with Gasteiger partial charge in [-0.05, 0) is 35.2 Å². The molecule has 0 spiro atoms. The fourth-order valence-electron chi connectivity index (χ4n) is 4.00. The van der Waals surface area contributed by atoms with E-state index in [4.69, 9.17) is 0 Å². The number of nitrogens with one attached hydrogen (secondary N) is 1. The summed E-state index contributed by atoms with van der Waals surface area (Å²) in [6.45, 7) is 4.18. The van der Waals surface area contributed by atoms with Gasteiger partial charge in [-0.1, -0.05) is 96.5 Å². The number of carbonyl (C=O) groups excluding carboxylic acids is 2.